The zero-order valence-electron chi connectivity index (χ0n) is 12.4. The van der Waals surface area contributed by atoms with Gasteiger partial charge in [0.05, 0.1) is 20.8 Å². The van der Waals surface area contributed by atoms with E-state index in [0.717, 1.165) is 38.2 Å². The van der Waals surface area contributed by atoms with Crippen molar-refractivity contribution in [2.45, 2.75) is 32.7 Å². The van der Waals surface area contributed by atoms with Crippen molar-refractivity contribution in [3.63, 3.8) is 0 Å². The molecule has 0 atom stereocenters. The molecule has 116 valence electrons. The molecular weight excluding hydrogens is 327 g/mol. The molecular formula is C16H21Cl3N2. The molecule has 1 aromatic rings. The fraction of sp³-hybridized carbons (Fsp3) is 0.500. The normalized spacial score (nSPS) is 16.8. The van der Waals surface area contributed by atoms with E-state index in [0.29, 0.717) is 21.1 Å². The van der Waals surface area contributed by atoms with Crippen LogP contribution in [0.4, 0.5) is 5.69 Å². The van der Waals surface area contributed by atoms with Crippen molar-refractivity contribution in [2.24, 2.45) is 0 Å². The molecule has 0 spiro atoms. The number of anilines is 1. The first-order valence-corrected chi connectivity index (χ1v) is 8.36. The predicted octanol–water partition coefficient (Wildman–Crippen LogP) is 5.49. The second kappa shape index (κ2) is 7.73. The highest BCUT2D eigenvalue weighted by atomic mass is 35.5. The Balaban J connectivity index is 1.89. The van der Waals surface area contributed by atoms with Crippen LogP contribution in [0.3, 0.4) is 0 Å². The summed E-state index contributed by atoms with van der Waals surface area (Å²) in [4.78, 5) is 2.47. The van der Waals surface area contributed by atoms with Gasteiger partial charge in [-0.25, -0.2) is 0 Å². The molecule has 1 heterocycles. The summed E-state index contributed by atoms with van der Waals surface area (Å²) in [6.07, 6.45) is 4.49. The average molecular weight is 348 g/mol. The van der Waals surface area contributed by atoms with Crippen molar-refractivity contribution in [3.8, 4) is 0 Å². The molecule has 5 heteroatoms. The molecule has 2 nitrogen and oxygen atoms in total. The van der Waals surface area contributed by atoms with Gasteiger partial charge >= 0.3 is 0 Å². The topological polar surface area (TPSA) is 15.3 Å². The summed E-state index contributed by atoms with van der Waals surface area (Å²) in [5.74, 6) is 0. The van der Waals surface area contributed by atoms with Crippen LogP contribution in [-0.2, 0) is 0 Å². The van der Waals surface area contributed by atoms with Gasteiger partial charge < -0.3 is 5.32 Å². The standard InChI is InChI=1S/C16H21Cl3N2/c1-11(2)3-6-21-7-4-12(5-8-21)20-16-10-14(18)13(17)9-15(16)19/h3,9-10,12,20H,4-8H2,1-2H3. The number of nitrogens with one attached hydrogen (secondary N) is 1. The maximum absolute atomic E-state index is 6.21. The Labute approximate surface area is 142 Å². The van der Waals surface area contributed by atoms with E-state index in [-0.39, 0.29) is 0 Å². The minimum Gasteiger partial charge on any atom is -0.381 e. The third-order valence-corrected chi connectivity index (χ3v) is 4.75. The lowest BCUT2D eigenvalue weighted by molar-refractivity contribution is 0.240. The number of piperidine rings is 1. The fourth-order valence-corrected chi connectivity index (χ4v) is 3.03. The number of benzene rings is 1. The smallest absolute Gasteiger partial charge is 0.0653 e. The van der Waals surface area contributed by atoms with Gasteiger partial charge in [0.1, 0.15) is 0 Å². The first-order valence-electron chi connectivity index (χ1n) is 7.22. The van der Waals surface area contributed by atoms with Gasteiger partial charge in [-0.15, -0.1) is 0 Å². The summed E-state index contributed by atoms with van der Waals surface area (Å²) >= 11 is 18.2. The Morgan fingerprint density at radius 1 is 1.14 bits per heavy atom. The largest absolute Gasteiger partial charge is 0.381 e. The van der Waals surface area contributed by atoms with Crippen molar-refractivity contribution in [2.75, 3.05) is 25.0 Å². The maximum atomic E-state index is 6.21. The molecule has 0 bridgehead atoms. The van der Waals surface area contributed by atoms with E-state index in [9.17, 15) is 0 Å². The van der Waals surface area contributed by atoms with Gasteiger partial charge in [0.25, 0.3) is 0 Å². The summed E-state index contributed by atoms with van der Waals surface area (Å²) in [5.41, 5.74) is 2.24. The van der Waals surface area contributed by atoms with Gasteiger partial charge in [0.15, 0.2) is 0 Å². The minimum absolute atomic E-state index is 0.433. The number of nitrogens with zero attached hydrogens (tertiary/aromatic N) is 1. The van der Waals surface area contributed by atoms with Gasteiger partial charge in [-0.3, -0.25) is 4.90 Å². The van der Waals surface area contributed by atoms with E-state index >= 15 is 0 Å². The van der Waals surface area contributed by atoms with Gasteiger partial charge in [0.2, 0.25) is 0 Å². The van der Waals surface area contributed by atoms with Crippen molar-refractivity contribution >= 4 is 40.5 Å². The van der Waals surface area contributed by atoms with Crippen LogP contribution in [0.1, 0.15) is 26.7 Å². The van der Waals surface area contributed by atoms with Gasteiger partial charge in [-0.1, -0.05) is 46.5 Å². The van der Waals surface area contributed by atoms with E-state index < -0.39 is 0 Å². The lowest BCUT2D eigenvalue weighted by Gasteiger charge is -2.32. The van der Waals surface area contributed by atoms with Crippen molar-refractivity contribution in [3.05, 3.63) is 38.8 Å². The van der Waals surface area contributed by atoms with Crippen LogP contribution in [0.15, 0.2) is 23.8 Å². The zero-order valence-corrected chi connectivity index (χ0v) is 14.7. The highest BCUT2D eigenvalue weighted by molar-refractivity contribution is 6.44. The molecule has 0 radical (unpaired) electrons. The Morgan fingerprint density at radius 2 is 1.76 bits per heavy atom. The summed E-state index contributed by atoms with van der Waals surface area (Å²) in [6, 6.07) is 3.93. The molecule has 0 aromatic heterocycles. The molecule has 0 saturated carbocycles. The Kier molecular flexibility index (Phi) is 6.24. The van der Waals surface area contributed by atoms with E-state index in [1.165, 1.54) is 5.57 Å². The van der Waals surface area contributed by atoms with Crippen LogP contribution in [0, 0.1) is 0 Å². The molecule has 0 unspecified atom stereocenters. The Morgan fingerprint density at radius 3 is 2.38 bits per heavy atom. The number of halogens is 3. The number of allylic oxidation sites excluding steroid dienone is 1. The SMILES string of the molecule is CC(C)=CCN1CCC(Nc2cc(Cl)c(Cl)cc2Cl)CC1. The van der Waals surface area contributed by atoms with E-state index in [2.05, 4.69) is 30.1 Å². The van der Waals surface area contributed by atoms with Crippen molar-refractivity contribution in [1.82, 2.24) is 4.90 Å². The monoisotopic (exact) mass is 346 g/mol. The maximum Gasteiger partial charge on any atom is 0.0653 e. The molecule has 1 aliphatic heterocycles. The lowest BCUT2D eigenvalue weighted by atomic mass is 10.0. The first kappa shape index (κ1) is 17.0. The third kappa shape index (κ3) is 5.07. The summed E-state index contributed by atoms with van der Waals surface area (Å²) in [7, 11) is 0. The fourth-order valence-electron chi connectivity index (χ4n) is 2.42. The third-order valence-electron chi connectivity index (χ3n) is 3.71. The van der Waals surface area contributed by atoms with Crippen LogP contribution >= 0.6 is 34.8 Å². The molecule has 1 aliphatic rings. The summed E-state index contributed by atoms with van der Waals surface area (Å²) in [6.45, 7) is 7.52. The van der Waals surface area contributed by atoms with E-state index in [4.69, 9.17) is 34.8 Å². The number of rotatable bonds is 4. The van der Waals surface area contributed by atoms with Crippen LogP contribution in [-0.4, -0.2) is 30.6 Å². The molecule has 21 heavy (non-hydrogen) atoms. The number of hydrogen-bond acceptors (Lipinski definition) is 2. The van der Waals surface area contributed by atoms with Crippen molar-refractivity contribution < 1.29 is 0 Å². The van der Waals surface area contributed by atoms with Crippen LogP contribution in [0.25, 0.3) is 0 Å². The van der Waals surface area contributed by atoms with Crippen molar-refractivity contribution in [1.29, 1.82) is 0 Å². The average Bonchev–Trinajstić information content (AvgIpc) is 2.44. The summed E-state index contributed by atoms with van der Waals surface area (Å²) < 4.78 is 0. The highest BCUT2D eigenvalue weighted by Gasteiger charge is 2.19. The molecule has 1 aromatic carbocycles. The first-order chi connectivity index (χ1) is 9.95. The molecule has 1 fully saturated rings. The minimum atomic E-state index is 0.433. The van der Waals surface area contributed by atoms with Crippen LogP contribution in [0.5, 0.6) is 0 Å². The molecule has 0 aliphatic carbocycles. The van der Waals surface area contributed by atoms with E-state index in [1.807, 2.05) is 6.07 Å². The van der Waals surface area contributed by atoms with Crippen LogP contribution in [0.2, 0.25) is 15.1 Å². The molecule has 0 amide bonds. The second-order valence-electron chi connectivity index (χ2n) is 5.75. The highest BCUT2D eigenvalue weighted by Crippen LogP contribution is 2.33. The lowest BCUT2D eigenvalue weighted by Crippen LogP contribution is -2.39. The molecule has 1 saturated heterocycles. The molecule has 2 rings (SSSR count). The number of hydrogen-bond donors (Lipinski definition) is 1. The van der Waals surface area contributed by atoms with E-state index in [1.54, 1.807) is 6.07 Å². The predicted molar refractivity (Wildman–Crippen MR) is 94.0 cm³/mol. The van der Waals surface area contributed by atoms with Gasteiger partial charge in [-0.05, 0) is 38.8 Å². The molecule has 1 N–H and O–H groups in total. The zero-order chi connectivity index (χ0) is 15.4. The number of likely N-dealkylation sites (tertiary alicyclic amines) is 1. The van der Waals surface area contributed by atoms with Gasteiger partial charge in [0, 0.05) is 25.7 Å². The Bertz CT molecular complexity index is 516. The second-order valence-corrected chi connectivity index (χ2v) is 6.97. The Hall–Kier alpha value is -0.410. The summed E-state index contributed by atoms with van der Waals surface area (Å²) in [5, 5.41) is 5.13. The quantitative estimate of drug-likeness (QED) is 0.572. The van der Waals surface area contributed by atoms with Crippen LogP contribution < -0.4 is 5.32 Å². The van der Waals surface area contributed by atoms with Gasteiger partial charge in [-0.2, -0.15) is 0 Å².